The van der Waals surface area contributed by atoms with E-state index in [-0.39, 0.29) is 17.9 Å². The molecule has 208 valence electrons. The van der Waals surface area contributed by atoms with Gasteiger partial charge in [0.15, 0.2) is 11.5 Å². The molecule has 3 aromatic heterocycles. The Morgan fingerprint density at radius 3 is 2.70 bits per heavy atom. The number of rotatable bonds is 9. The number of aryl methyl sites for hydroxylation is 1. The van der Waals surface area contributed by atoms with Gasteiger partial charge >= 0.3 is 0 Å². The van der Waals surface area contributed by atoms with Gasteiger partial charge in [0.05, 0.1) is 0 Å². The molecule has 1 fully saturated rings. The molecule has 1 aliphatic rings. The van der Waals surface area contributed by atoms with Gasteiger partial charge in [-0.25, -0.2) is 9.97 Å². The lowest BCUT2D eigenvalue weighted by atomic mass is 10.0. The number of aromatic amines is 1. The van der Waals surface area contributed by atoms with Crippen molar-refractivity contribution in [1.29, 1.82) is 0 Å². The SMILES string of the molecule is Cc1ccnc(NC(=O)c2ccc(Oc3ccnc4[nH]nc(N[C@@H]5CCCN(C(=O)CCN(C)C)C5)c34)cc2)c1. The average molecular weight is 543 g/mol. The summed E-state index contributed by atoms with van der Waals surface area (Å²) >= 11 is 0. The maximum atomic E-state index is 12.7. The van der Waals surface area contributed by atoms with E-state index in [2.05, 4.69) is 30.8 Å². The van der Waals surface area contributed by atoms with Crippen molar-refractivity contribution in [2.24, 2.45) is 0 Å². The number of H-pyrrole nitrogens is 1. The number of carbonyl (C=O) groups excluding carboxylic acids is 2. The van der Waals surface area contributed by atoms with Gasteiger partial charge in [-0.2, -0.15) is 5.10 Å². The number of ether oxygens (including phenoxy) is 1. The van der Waals surface area contributed by atoms with Crippen molar-refractivity contribution in [3.05, 3.63) is 66.0 Å². The number of piperidine rings is 1. The van der Waals surface area contributed by atoms with Crippen molar-refractivity contribution >= 4 is 34.5 Å². The van der Waals surface area contributed by atoms with E-state index in [9.17, 15) is 9.59 Å². The molecule has 40 heavy (non-hydrogen) atoms. The Morgan fingerprint density at radius 2 is 1.93 bits per heavy atom. The van der Waals surface area contributed by atoms with Gasteiger partial charge in [-0.1, -0.05) is 0 Å². The van der Waals surface area contributed by atoms with E-state index < -0.39 is 0 Å². The fourth-order valence-corrected chi connectivity index (χ4v) is 4.70. The molecule has 1 atom stereocenters. The number of carbonyl (C=O) groups is 2. The van der Waals surface area contributed by atoms with Crippen molar-refractivity contribution in [2.45, 2.75) is 32.2 Å². The molecule has 0 bridgehead atoms. The van der Waals surface area contributed by atoms with Crippen molar-refractivity contribution < 1.29 is 14.3 Å². The highest BCUT2D eigenvalue weighted by Gasteiger charge is 2.25. The van der Waals surface area contributed by atoms with E-state index in [0.717, 1.165) is 36.9 Å². The number of nitrogens with zero attached hydrogens (tertiary/aromatic N) is 5. The minimum absolute atomic E-state index is 0.0669. The molecule has 2 amide bonds. The largest absolute Gasteiger partial charge is 0.456 e. The van der Waals surface area contributed by atoms with E-state index in [0.29, 0.717) is 47.3 Å². The molecule has 3 N–H and O–H groups in total. The molecule has 1 aromatic carbocycles. The predicted molar refractivity (Wildman–Crippen MR) is 154 cm³/mol. The van der Waals surface area contributed by atoms with Crippen LogP contribution in [0.5, 0.6) is 11.5 Å². The molecule has 0 unspecified atom stereocenters. The minimum Gasteiger partial charge on any atom is -0.456 e. The zero-order valence-electron chi connectivity index (χ0n) is 23.0. The molecule has 4 heterocycles. The first-order chi connectivity index (χ1) is 19.4. The summed E-state index contributed by atoms with van der Waals surface area (Å²) in [5.74, 6) is 2.21. The van der Waals surface area contributed by atoms with E-state index in [4.69, 9.17) is 4.74 Å². The highest BCUT2D eigenvalue weighted by Crippen LogP contribution is 2.33. The third-order valence-electron chi connectivity index (χ3n) is 6.81. The van der Waals surface area contributed by atoms with E-state index in [1.54, 1.807) is 42.7 Å². The monoisotopic (exact) mass is 542 g/mol. The van der Waals surface area contributed by atoms with Gasteiger partial charge in [0.1, 0.15) is 22.7 Å². The molecule has 0 saturated carbocycles. The van der Waals surface area contributed by atoms with Gasteiger partial charge in [-0.3, -0.25) is 14.7 Å². The van der Waals surface area contributed by atoms with Crippen LogP contribution >= 0.6 is 0 Å². The highest BCUT2D eigenvalue weighted by molar-refractivity contribution is 6.03. The summed E-state index contributed by atoms with van der Waals surface area (Å²) in [6.45, 7) is 4.08. The summed E-state index contributed by atoms with van der Waals surface area (Å²) in [6.07, 6.45) is 5.68. The first-order valence-electron chi connectivity index (χ1n) is 13.4. The van der Waals surface area contributed by atoms with Gasteiger partial charge in [0.25, 0.3) is 5.91 Å². The molecule has 11 nitrogen and oxygen atoms in total. The van der Waals surface area contributed by atoms with E-state index in [1.165, 1.54) is 0 Å². The number of likely N-dealkylation sites (tertiary alicyclic amines) is 1. The Balaban J connectivity index is 1.27. The summed E-state index contributed by atoms with van der Waals surface area (Å²) in [5.41, 5.74) is 2.10. The smallest absolute Gasteiger partial charge is 0.256 e. The Kier molecular flexibility index (Phi) is 8.20. The van der Waals surface area contributed by atoms with Crippen LogP contribution in [0.1, 0.15) is 35.2 Å². The van der Waals surface area contributed by atoms with Crippen LogP contribution in [0.2, 0.25) is 0 Å². The lowest BCUT2D eigenvalue weighted by molar-refractivity contribution is -0.132. The quantitative estimate of drug-likeness (QED) is 0.289. The van der Waals surface area contributed by atoms with E-state index in [1.807, 2.05) is 43.0 Å². The van der Waals surface area contributed by atoms with Gasteiger partial charge in [-0.05, 0) is 75.8 Å². The number of aromatic nitrogens is 4. The molecule has 1 saturated heterocycles. The van der Waals surface area contributed by atoms with Crippen LogP contribution in [0.25, 0.3) is 11.0 Å². The number of anilines is 2. The molecule has 5 rings (SSSR count). The lowest BCUT2D eigenvalue weighted by Gasteiger charge is -2.33. The number of amides is 2. The second-order valence-corrected chi connectivity index (χ2v) is 10.3. The third-order valence-corrected chi connectivity index (χ3v) is 6.81. The number of pyridine rings is 2. The van der Waals surface area contributed by atoms with Crippen LogP contribution in [-0.4, -0.2) is 81.6 Å². The number of hydrogen-bond acceptors (Lipinski definition) is 8. The molecular formula is C29H34N8O3. The molecule has 1 aliphatic heterocycles. The summed E-state index contributed by atoms with van der Waals surface area (Å²) in [5, 5.41) is 14.5. The average Bonchev–Trinajstić information content (AvgIpc) is 3.36. The molecule has 0 radical (unpaired) electrons. The Hall–Kier alpha value is -4.51. The zero-order valence-corrected chi connectivity index (χ0v) is 23.0. The fourth-order valence-electron chi connectivity index (χ4n) is 4.70. The van der Waals surface area contributed by atoms with Crippen LogP contribution < -0.4 is 15.4 Å². The number of fused-ring (bicyclic) bond motifs is 1. The molecule has 0 aliphatic carbocycles. The summed E-state index contributed by atoms with van der Waals surface area (Å²) < 4.78 is 6.21. The third kappa shape index (κ3) is 6.55. The summed E-state index contributed by atoms with van der Waals surface area (Å²) in [4.78, 5) is 37.9. The maximum Gasteiger partial charge on any atom is 0.256 e. The standard InChI is InChI=1S/C29H34N8O3/c1-19-10-13-30-24(17-19)33-29(39)20-6-8-22(9-7-20)40-23-11-14-31-27-26(23)28(35-34-27)32-21-5-4-15-37(18-21)25(38)12-16-36(2)3/h6-11,13-14,17,21H,4-5,12,15-16,18H2,1-3H3,(H,30,33,39)(H2,31,32,34,35)/t21-/m1/s1. The van der Waals surface area contributed by atoms with Crippen molar-refractivity contribution in [3.8, 4) is 11.5 Å². The van der Waals surface area contributed by atoms with Crippen LogP contribution in [0.3, 0.4) is 0 Å². The maximum absolute atomic E-state index is 12.7. The van der Waals surface area contributed by atoms with Gasteiger partial charge in [-0.15, -0.1) is 0 Å². The second kappa shape index (κ2) is 12.1. The molecular weight excluding hydrogens is 508 g/mol. The van der Waals surface area contributed by atoms with Crippen LogP contribution in [0, 0.1) is 6.92 Å². The van der Waals surface area contributed by atoms with Crippen LogP contribution in [0.4, 0.5) is 11.6 Å². The van der Waals surface area contributed by atoms with Gasteiger partial charge in [0, 0.05) is 56.1 Å². The fraction of sp³-hybridized carbons (Fsp3) is 0.345. The van der Waals surface area contributed by atoms with Crippen LogP contribution in [0.15, 0.2) is 54.9 Å². The van der Waals surface area contributed by atoms with E-state index >= 15 is 0 Å². The predicted octanol–water partition coefficient (Wildman–Crippen LogP) is 4.06. The number of nitrogens with one attached hydrogen (secondary N) is 3. The number of hydrogen-bond donors (Lipinski definition) is 3. The lowest BCUT2D eigenvalue weighted by Crippen LogP contribution is -2.45. The number of benzene rings is 1. The minimum atomic E-state index is -0.251. The summed E-state index contributed by atoms with van der Waals surface area (Å²) in [7, 11) is 3.94. The Labute approximate surface area is 232 Å². The van der Waals surface area contributed by atoms with Gasteiger partial charge < -0.3 is 25.2 Å². The molecule has 0 spiro atoms. The summed E-state index contributed by atoms with van der Waals surface area (Å²) in [6, 6.07) is 12.4. The van der Waals surface area contributed by atoms with Crippen molar-refractivity contribution in [1.82, 2.24) is 30.0 Å². The topological polar surface area (TPSA) is 128 Å². The highest BCUT2D eigenvalue weighted by atomic mass is 16.5. The first-order valence-corrected chi connectivity index (χ1v) is 13.4. The first kappa shape index (κ1) is 27.1. The van der Waals surface area contributed by atoms with Crippen molar-refractivity contribution in [3.63, 3.8) is 0 Å². The van der Waals surface area contributed by atoms with Crippen molar-refractivity contribution in [2.75, 3.05) is 44.4 Å². The van der Waals surface area contributed by atoms with Crippen LogP contribution in [-0.2, 0) is 4.79 Å². The molecule has 11 heteroatoms. The Morgan fingerprint density at radius 1 is 1.12 bits per heavy atom. The normalized spacial score (nSPS) is 15.3. The second-order valence-electron chi connectivity index (χ2n) is 10.3. The van der Waals surface area contributed by atoms with Gasteiger partial charge in [0.2, 0.25) is 5.91 Å². The Bertz CT molecular complexity index is 1480. The molecule has 4 aromatic rings. The zero-order chi connectivity index (χ0) is 28.1.